The van der Waals surface area contributed by atoms with Crippen LogP contribution in [0.25, 0.3) is 20.7 Å². The van der Waals surface area contributed by atoms with Gasteiger partial charge in [0.15, 0.2) is 0 Å². The van der Waals surface area contributed by atoms with Crippen LogP contribution in [0.5, 0.6) is 0 Å². The Morgan fingerprint density at radius 2 is 2.09 bits per heavy atom. The van der Waals surface area contributed by atoms with Gasteiger partial charge in [-0.05, 0) is 43.9 Å². The first-order valence-corrected chi connectivity index (χ1v) is 8.80. The summed E-state index contributed by atoms with van der Waals surface area (Å²) in [6.07, 6.45) is 3.14. The zero-order valence-corrected chi connectivity index (χ0v) is 13.7. The van der Waals surface area contributed by atoms with Crippen LogP contribution < -0.4 is 11.5 Å². The first-order chi connectivity index (χ1) is 10.6. The number of fused-ring (bicyclic) bond motifs is 2. The zero-order valence-electron chi connectivity index (χ0n) is 12.1. The molecule has 0 bridgehead atoms. The van der Waals surface area contributed by atoms with Gasteiger partial charge in [-0.2, -0.15) is 0 Å². The van der Waals surface area contributed by atoms with Crippen molar-refractivity contribution in [2.45, 2.75) is 26.2 Å². The quantitative estimate of drug-likeness (QED) is 0.755. The maximum absolute atomic E-state index is 11.6. The average Bonchev–Trinajstić information content (AvgIpc) is 3.16. The maximum Gasteiger partial charge on any atom is 0.260 e. The molecule has 0 spiro atoms. The Bertz CT molecular complexity index is 923. The van der Waals surface area contributed by atoms with Crippen molar-refractivity contribution in [3.8, 4) is 10.4 Å². The molecule has 0 saturated heterocycles. The number of anilines is 1. The molecule has 4 nitrogen and oxygen atoms in total. The molecular weight excluding hydrogens is 314 g/mol. The second kappa shape index (κ2) is 4.79. The van der Waals surface area contributed by atoms with Crippen LogP contribution >= 0.6 is 22.7 Å². The molecular formula is C16H15N3OS2. The van der Waals surface area contributed by atoms with E-state index in [4.69, 9.17) is 16.5 Å². The van der Waals surface area contributed by atoms with Crippen molar-refractivity contribution < 1.29 is 4.79 Å². The number of aryl methyl sites for hydroxylation is 2. The van der Waals surface area contributed by atoms with E-state index in [0.29, 0.717) is 10.6 Å². The number of nitrogen functional groups attached to an aromatic ring is 1. The van der Waals surface area contributed by atoms with Gasteiger partial charge in [0.2, 0.25) is 0 Å². The Morgan fingerprint density at radius 3 is 2.77 bits per heavy atom. The molecule has 4 N–H and O–H groups in total. The fourth-order valence-electron chi connectivity index (χ4n) is 3.17. The van der Waals surface area contributed by atoms with Gasteiger partial charge in [0.05, 0.1) is 5.69 Å². The summed E-state index contributed by atoms with van der Waals surface area (Å²) < 4.78 is 0. The van der Waals surface area contributed by atoms with Gasteiger partial charge in [-0.1, -0.05) is 0 Å². The molecule has 0 aromatic carbocycles. The molecule has 1 aliphatic carbocycles. The van der Waals surface area contributed by atoms with Crippen LogP contribution in [0, 0.1) is 6.92 Å². The van der Waals surface area contributed by atoms with E-state index in [0.717, 1.165) is 40.7 Å². The molecule has 0 aliphatic heterocycles. The third kappa shape index (κ3) is 1.87. The van der Waals surface area contributed by atoms with E-state index in [-0.39, 0.29) is 0 Å². The topological polar surface area (TPSA) is 82.0 Å². The number of carbonyl (C=O) groups excluding carboxylic acids is 1. The molecule has 112 valence electrons. The summed E-state index contributed by atoms with van der Waals surface area (Å²) >= 11 is 3.06. The number of primary amides is 1. The monoisotopic (exact) mass is 329 g/mol. The zero-order chi connectivity index (χ0) is 15.4. The fourth-order valence-corrected chi connectivity index (χ4v) is 5.09. The number of nitrogens with zero attached hydrogens (tertiary/aromatic N) is 1. The van der Waals surface area contributed by atoms with Crippen LogP contribution in [0.1, 0.15) is 32.2 Å². The predicted octanol–water partition coefficient (Wildman–Crippen LogP) is 3.50. The minimum absolute atomic E-state index is 0.417. The SMILES string of the molecule is Cc1ccc(-c2c3c(nc4sc(C(N)=O)c(N)c24)CCC3)s1. The van der Waals surface area contributed by atoms with E-state index >= 15 is 0 Å². The standard InChI is InChI=1S/C16H15N3OS2/c1-7-5-6-10(21-7)11-8-3-2-4-9(8)19-16-12(11)13(17)14(22-16)15(18)20/h5-6H,2-4,17H2,1H3,(H2,18,20). The molecule has 1 aliphatic rings. The van der Waals surface area contributed by atoms with Gasteiger partial charge >= 0.3 is 0 Å². The summed E-state index contributed by atoms with van der Waals surface area (Å²) in [5.41, 5.74) is 15.8. The summed E-state index contributed by atoms with van der Waals surface area (Å²) in [5.74, 6) is -0.478. The first-order valence-electron chi connectivity index (χ1n) is 7.16. The number of thiophene rings is 2. The Balaban J connectivity index is 2.13. The Morgan fingerprint density at radius 1 is 1.27 bits per heavy atom. The summed E-state index contributed by atoms with van der Waals surface area (Å²) in [7, 11) is 0. The van der Waals surface area contributed by atoms with Crippen LogP contribution in [0.3, 0.4) is 0 Å². The lowest BCUT2D eigenvalue weighted by molar-refractivity contribution is 0.100. The van der Waals surface area contributed by atoms with Gasteiger partial charge in [0, 0.05) is 26.4 Å². The molecule has 4 rings (SSSR count). The minimum atomic E-state index is -0.478. The fraction of sp³-hybridized carbons (Fsp3) is 0.250. The van der Waals surface area contributed by atoms with Crippen LogP contribution in [-0.2, 0) is 12.8 Å². The van der Waals surface area contributed by atoms with Gasteiger partial charge in [0.25, 0.3) is 5.91 Å². The normalized spacial score (nSPS) is 13.7. The Hall–Kier alpha value is -1.92. The van der Waals surface area contributed by atoms with E-state index < -0.39 is 5.91 Å². The number of rotatable bonds is 2. The van der Waals surface area contributed by atoms with Crippen LogP contribution in [0.2, 0.25) is 0 Å². The Labute approximate surface area is 135 Å². The van der Waals surface area contributed by atoms with Crippen molar-refractivity contribution in [3.05, 3.63) is 33.1 Å². The maximum atomic E-state index is 11.6. The number of nitrogens with two attached hydrogens (primary N) is 2. The lowest BCUT2D eigenvalue weighted by Gasteiger charge is -2.09. The molecule has 0 saturated carbocycles. The van der Waals surface area contributed by atoms with E-state index in [1.807, 2.05) is 0 Å². The number of hydrogen-bond acceptors (Lipinski definition) is 5. The second-order valence-electron chi connectivity index (χ2n) is 5.57. The highest BCUT2D eigenvalue weighted by atomic mass is 32.1. The number of carbonyl (C=O) groups is 1. The number of aromatic nitrogens is 1. The van der Waals surface area contributed by atoms with Gasteiger partial charge in [-0.15, -0.1) is 22.7 Å². The highest BCUT2D eigenvalue weighted by molar-refractivity contribution is 7.21. The third-order valence-electron chi connectivity index (χ3n) is 4.11. The molecule has 0 unspecified atom stereocenters. The number of amides is 1. The summed E-state index contributed by atoms with van der Waals surface area (Å²) in [5, 5.41) is 0.904. The van der Waals surface area contributed by atoms with Gasteiger partial charge in [0.1, 0.15) is 9.71 Å². The van der Waals surface area contributed by atoms with Crippen LogP contribution in [0.4, 0.5) is 5.69 Å². The van der Waals surface area contributed by atoms with E-state index in [1.165, 1.54) is 26.7 Å². The third-order valence-corrected chi connectivity index (χ3v) is 6.25. The molecule has 3 aromatic heterocycles. The molecule has 0 radical (unpaired) electrons. The molecule has 3 aromatic rings. The van der Waals surface area contributed by atoms with Crippen molar-refractivity contribution in [1.82, 2.24) is 4.98 Å². The van der Waals surface area contributed by atoms with Gasteiger partial charge < -0.3 is 11.5 Å². The average molecular weight is 329 g/mol. The molecule has 0 atom stereocenters. The lowest BCUT2D eigenvalue weighted by atomic mass is 10.0. The number of pyridine rings is 1. The molecule has 6 heteroatoms. The summed E-state index contributed by atoms with van der Waals surface area (Å²) in [4.78, 5) is 20.1. The molecule has 0 fully saturated rings. The Kier molecular flexibility index (Phi) is 2.99. The van der Waals surface area contributed by atoms with Gasteiger partial charge in [-0.3, -0.25) is 4.79 Å². The smallest absolute Gasteiger partial charge is 0.260 e. The second-order valence-corrected chi connectivity index (χ2v) is 7.85. The van der Waals surface area contributed by atoms with E-state index in [9.17, 15) is 4.79 Å². The molecule has 3 heterocycles. The van der Waals surface area contributed by atoms with Crippen LogP contribution in [0.15, 0.2) is 12.1 Å². The lowest BCUT2D eigenvalue weighted by Crippen LogP contribution is -2.10. The van der Waals surface area contributed by atoms with Crippen molar-refractivity contribution in [1.29, 1.82) is 0 Å². The van der Waals surface area contributed by atoms with E-state index in [1.54, 1.807) is 11.3 Å². The van der Waals surface area contributed by atoms with Gasteiger partial charge in [-0.25, -0.2) is 4.98 Å². The first kappa shape index (κ1) is 13.7. The van der Waals surface area contributed by atoms with Crippen molar-refractivity contribution in [2.24, 2.45) is 5.73 Å². The predicted molar refractivity (Wildman–Crippen MR) is 92.6 cm³/mol. The van der Waals surface area contributed by atoms with Crippen molar-refractivity contribution in [2.75, 3.05) is 5.73 Å². The highest BCUT2D eigenvalue weighted by Gasteiger charge is 2.26. The minimum Gasteiger partial charge on any atom is -0.397 e. The summed E-state index contributed by atoms with van der Waals surface area (Å²) in [6, 6.07) is 4.25. The largest absolute Gasteiger partial charge is 0.397 e. The van der Waals surface area contributed by atoms with Crippen LogP contribution in [-0.4, -0.2) is 10.9 Å². The summed E-state index contributed by atoms with van der Waals surface area (Å²) in [6.45, 7) is 2.10. The molecule has 22 heavy (non-hydrogen) atoms. The highest BCUT2D eigenvalue weighted by Crippen LogP contribution is 2.45. The van der Waals surface area contributed by atoms with Crippen molar-refractivity contribution >= 4 is 44.5 Å². The number of hydrogen-bond donors (Lipinski definition) is 2. The molecule has 1 amide bonds. The van der Waals surface area contributed by atoms with Crippen molar-refractivity contribution in [3.63, 3.8) is 0 Å². The van der Waals surface area contributed by atoms with E-state index in [2.05, 4.69) is 19.1 Å².